The van der Waals surface area contributed by atoms with Gasteiger partial charge < -0.3 is 25.8 Å². The number of aromatic nitrogens is 5. The molecule has 10 nitrogen and oxygen atoms in total. The summed E-state index contributed by atoms with van der Waals surface area (Å²) in [5.74, 6) is -1.20. The quantitative estimate of drug-likeness (QED) is 0.237. The molecule has 1 fully saturated rings. The Hall–Kier alpha value is -4.03. The van der Waals surface area contributed by atoms with Crippen molar-refractivity contribution >= 4 is 22.8 Å². The van der Waals surface area contributed by atoms with Crippen LogP contribution in [0.15, 0.2) is 43.0 Å². The fourth-order valence-corrected chi connectivity index (χ4v) is 4.73. The number of anilines is 1. The molecule has 0 spiro atoms. The number of carbonyl (C=O) groups excluding carboxylic acids is 1. The smallest absolute Gasteiger partial charge is 0.270 e. The zero-order chi connectivity index (χ0) is 26.6. The number of fused-ring (bicyclic) bond motifs is 1. The van der Waals surface area contributed by atoms with Gasteiger partial charge in [0.05, 0.1) is 25.1 Å². The number of hydrogen-bond acceptors (Lipinski definition) is 8. The Morgan fingerprint density at radius 1 is 1.16 bits per heavy atom. The zero-order valence-electron chi connectivity index (χ0n) is 20.4. The van der Waals surface area contributed by atoms with Crippen LogP contribution in [0.4, 0.5) is 14.6 Å². The Bertz CT molecular complexity index is 1450. The van der Waals surface area contributed by atoms with Crippen LogP contribution in [0.25, 0.3) is 22.4 Å². The number of nitrogens with one attached hydrogen (secondary N) is 3. The molecule has 1 aliphatic carbocycles. The van der Waals surface area contributed by atoms with Crippen molar-refractivity contribution in [3.8, 4) is 11.4 Å². The van der Waals surface area contributed by atoms with Crippen molar-refractivity contribution in [1.29, 1.82) is 0 Å². The lowest BCUT2D eigenvalue weighted by Crippen LogP contribution is -2.42. The van der Waals surface area contributed by atoms with Crippen LogP contribution in [-0.4, -0.2) is 65.8 Å². The molecule has 4 aromatic rings. The predicted octanol–water partition coefficient (Wildman–Crippen LogP) is 2.74. The van der Waals surface area contributed by atoms with Crippen molar-refractivity contribution < 1.29 is 23.8 Å². The second kappa shape index (κ2) is 11.2. The Balaban J connectivity index is 1.26. The molecular formula is C26H27F2N7O3. The molecule has 1 saturated carbocycles. The topological polar surface area (TPSA) is 149 Å². The van der Waals surface area contributed by atoms with Crippen molar-refractivity contribution in [3.63, 3.8) is 0 Å². The molecule has 12 heteroatoms. The van der Waals surface area contributed by atoms with Crippen LogP contribution >= 0.6 is 0 Å². The number of rotatable bonds is 8. The number of aromatic amines is 1. The van der Waals surface area contributed by atoms with Gasteiger partial charge in [0.25, 0.3) is 5.91 Å². The number of H-pyrrole nitrogens is 1. The number of nitrogens with zero attached hydrogens (tertiary/aromatic N) is 4. The van der Waals surface area contributed by atoms with Crippen molar-refractivity contribution in [3.05, 3.63) is 65.9 Å². The van der Waals surface area contributed by atoms with Gasteiger partial charge in [-0.25, -0.2) is 23.7 Å². The third-order valence-corrected chi connectivity index (χ3v) is 6.57. The highest BCUT2D eigenvalue weighted by Gasteiger charge is 2.25. The van der Waals surface area contributed by atoms with Gasteiger partial charge >= 0.3 is 0 Å². The average Bonchev–Trinajstić information content (AvgIpc) is 3.33. The van der Waals surface area contributed by atoms with E-state index in [4.69, 9.17) is 5.11 Å². The van der Waals surface area contributed by atoms with Gasteiger partial charge in [-0.1, -0.05) is 0 Å². The number of aliphatic hydroxyl groups is 2. The zero-order valence-corrected chi connectivity index (χ0v) is 20.4. The summed E-state index contributed by atoms with van der Waals surface area (Å²) in [6.45, 7) is -0.369. The molecule has 0 radical (unpaired) electrons. The van der Waals surface area contributed by atoms with Gasteiger partial charge in [0.2, 0.25) is 0 Å². The van der Waals surface area contributed by atoms with Gasteiger partial charge in [-0.3, -0.25) is 9.78 Å². The predicted molar refractivity (Wildman–Crippen MR) is 135 cm³/mol. The summed E-state index contributed by atoms with van der Waals surface area (Å²) in [5.41, 5.74) is 1.89. The molecule has 5 rings (SSSR count). The molecule has 4 aromatic heterocycles. The van der Waals surface area contributed by atoms with Crippen molar-refractivity contribution in [2.75, 3.05) is 11.9 Å². The standard InChI is InChI=1S/C26H27F2N7O3/c27-15-8-19-20(11-31-23(19)30-10-15)24-32-12-21(28)25(35-24)33-16-2-1-3-17(9-16)34-26(38)22-7-14(4-5-29-22)6-18(37)13-36/h4-5,7-8,10-12,16-18,36-37H,1-3,6,9,13H2,(H,30,31)(H,34,38)(H,32,33,35)/t16-,17+,18?/m1/s1. The molecule has 1 amide bonds. The lowest BCUT2D eigenvalue weighted by molar-refractivity contribution is 0.0917. The van der Waals surface area contributed by atoms with Gasteiger partial charge in [0, 0.05) is 41.8 Å². The minimum Gasteiger partial charge on any atom is -0.394 e. The van der Waals surface area contributed by atoms with E-state index in [1.807, 2.05) is 0 Å². The fraction of sp³-hybridized carbons (Fsp3) is 0.346. The van der Waals surface area contributed by atoms with Crippen LogP contribution in [0, 0.1) is 11.6 Å². The average molecular weight is 524 g/mol. The minimum atomic E-state index is -0.907. The second-order valence-electron chi connectivity index (χ2n) is 9.41. The molecule has 4 heterocycles. The first kappa shape index (κ1) is 25.6. The number of amides is 1. The highest BCUT2D eigenvalue weighted by Crippen LogP contribution is 2.28. The van der Waals surface area contributed by atoms with E-state index in [-0.39, 0.29) is 48.4 Å². The Morgan fingerprint density at radius 3 is 2.84 bits per heavy atom. The number of hydrogen-bond donors (Lipinski definition) is 5. The molecule has 0 aromatic carbocycles. The van der Waals surface area contributed by atoms with Crippen LogP contribution in [0.3, 0.4) is 0 Å². The monoisotopic (exact) mass is 523 g/mol. The van der Waals surface area contributed by atoms with Gasteiger partial charge in [-0.15, -0.1) is 0 Å². The largest absolute Gasteiger partial charge is 0.394 e. The molecule has 0 saturated heterocycles. The summed E-state index contributed by atoms with van der Waals surface area (Å²) >= 11 is 0. The molecule has 1 unspecified atom stereocenters. The SMILES string of the molecule is O=C(N[C@H]1CCC[C@@H](Nc2nc(-c3c[nH]c4ncc(F)cc34)ncc2F)C1)c1cc(CC(O)CO)ccn1. The fourth-order valence-electron chi connectivity index (χ4n) is 4.73. The molecular weight excluding hydrogens is 496 g/mol. The maximum absolute atomic E-state index is 14.6. The number of pyridine rings is 2. The van der Waals surface area contributed by atoms with E-state index >= 15 is 0 Å². The van der Waals surface area contributed by atoms with Gasteiger partial charge in [0.1, 0.15) is 17.2 Å². The van der Waals surface area contributed by atoms with Gasteiger partial charge in [0.15, 0.2) is 17.5 Å². The van der Waals surface area contributed by atoms with Crippen LogP contribution in [-0.2, 0) is 6.42 Å². The summed E-state index contributed by atoms with van der Waals surface area (Å²) in [6, 6.07) is 4.30. The van der Waals surface area contributed by atoms with E-state index in [0.29, 0.717) is 28.6 Å². The third kappa shape index (κ3) is 5.76. The first-order valence-electron chi connectivity index (χ1n) is 12.4. The molecule has 38 heavy (non-hydrogen) atoms. The van der Waals surface area contributed by atoms with Crippen LogP contribution in [0.2, 0.25) is 0 Å². The summed E-state index contributed by atoms with van der Waals surface area (Å²) in [6.07, 6.45) is 7.47. The Morgan fingerprint density at radius 2 is 2.00 bits per heavy atom. The molecule has 3 atom stereocenters. The van der Waals surface area contributed by atoms with Gasteiger partial charge in [-0.05, 0) is 49.4 Å². The van der Waals surface area contributed by atoms with E-state index in [2.05, 4.69) is 35.6 Å². The number of halogens is 2. The van der Waals surface area contributed by atoms with E-state index in [1.54, 1.807) is 18.3 Å². The highest BCUT2D eigenvalue weighted by atomic mass is 19.1. The van der Waals surface area contributed by atoms with E-state index in [9.17, 15) is 18.7 Å². The van der Waals surface area contributed by atoms with E-state index in [0.717, 1.165) is 31.7 Å². The Labute approximate surface area is 216 Å². The molecule has 1 aliphatic rings. The molecule has 0 bridgehead atoms. The van der Waals surface area contributed by atoms with Crippen molar-refractivity contribution in [2.45, 2.75) is 50.3 Å². The van der Waals surface area contributed by atoms with Crippen molar-refractivity contribution in [1.82, 2.24) is 30.2 Å². The third-order valence-electron chi connectivity index (χ3n) is 6.57. The van der Waals surface area contributed by atoms with Gasteiger partial charge in [-0.2, -0.15) is 0 Å². The lowest BCUT2D eigenvalue weighted by atomic mass is 9.90. The summed E-state index contributed by atoms with van der Waals surface area (Å²) in [4.78, 5) is 32.3. The molecule has 0 aliphatic heterocycles. The Kier molecular flexibility index (Phi) is 7.52. The second-order valence-corrected chi connectivity index (χ2v) is 9.41. The minimum absolute atomic E-state index is 0.0301. The number of aliphatic hydroxyl groups excluding tert-OH is 2. The van der Waals surface area contributed by atoms with Crippen LogP contribution in [0.5, 0.6) is 0 Å². The first-order chi connectivity index (χ1) is 18.4. The summed E-state index contributed by atoms with van der Waals surface area (Å²) < 4.78 is 28.4. The maximum atomic E-state index is 14.6. The van der Waals surface area contributed by atoms with Crippen molar-refractivity contribution in [2.24, 2.45) is 0 Å². The van der Waals surface area contributed by atoms with E-state index < -0.39 is 17.7 Å². The number of carbonyl (C=O) groups is 1. The maximum Gasteiger partial charge on any atom is 0.270 e. The highest BCUT2D eigenvalue weighted by molar-refractivity contribution is 5.93. The molecule has 198 valence electrons. The van der Waals surface area contributed by atoms with Crippen LogP contribution < -0.4 is 10.6 Å². The van der Waals surface area contributed by atoms with E-state index in [1.165, 1.54) is 12.3 Å². The summed E-state index contributed by atoms with van der Waals surface area (Å²) in [7, 11) is 0. The molecule has 5 N–H and O–H groups in total. The lowest BCUT2D eigenvalue weighted by Gasteiger charge is -2.30. The normalized spacial score (nSPS) is 18.3. The first-order valence-corrected chi connectivity index (χ1v) is 12.4. The summed E-state index contributed by atoms with van der Waals surface area (Å²) in [5, 5.41) is 25.4. The van der Waals surface area contributed by atoms with Crippen LogP contribution in [0.1, 0.15) is 41.7 Å².